The zero-order chi connectivity index (χ0) is 27.5. The molecule has 0 unspecified atom stereocenters. The van der Waals surface area contributed by atoms with Gasteiger partial charge in [0.25, 0.3) is 0 Å². The highest BCUT2D eigenvalue weighted by atomic mass is 19.4. The quantitative estimate of drug-likeness (QED) is 0.530. The molecule has 38 heavy (non-hydrogen) atoms. The van der Waals surface area contributed by atoms with Gasteiger partial charge in [0.15, 0.2) is 0 Å². The third-order valence-corrected chi connectivity index (χ3v) is 5.62. The van der Waals surface area contributed by atoms with E-state index in [9.17, 15) is 22.8 Å². The Kier molecular flexibility index (Phi) is 7.56. The fraction of sp³-hybridized carbons (Fsp3) is 0.400. The number of halogens is 3. The SMILES string of the molecule is CC(C)(C)OC(=O)N1CCN(c2ccc(NC(=O)Cn3cnc(-c4ccnc(C(F)(F)F)c4)c3)nc2)CC1. The molecule has 0 aliphatic carbocycles. The Morgan fingerprint density at radius 1 is 1.03 bits per heavy atom. The van der Waals surface area contributed by atoms with Gasteiger partial charge in [-0.1, -0.05) is 0 Å². The van der Waals surface area contributed by atoms with Crippen LogP contribution in [0, 0.1) is 0 Å². The largest absolute Gasteiger partial charge is 0.444 e. The molecular weight excluding hydrogens is 503 g/mol. The van der Waals surface area contributed by atoms with Crippen molar-refractivity contribution < 1.29 is 27.5 Å². The minimum absolute atomic E-state index is 0.0970. The zero-order valence-electron chi connectivity index (χ0n) is 21.2. The number of carbonyl (C=O) groups is 2. The van der Waals surface area contributed by atoms with Crippen molar-refractivity contribution in [2.45, 2.75) is 39.1 Å². The third-order valence-electron chi connectivity index (χ3n) is 5.62. The summed E-state index contributed by atoms with van der Waals surface area (Å²) in [5.41, 5.74) is -0.155. The smallest absolute Gasteiger partial charge is 0.433 e. The van der Waals surface area contributed by atoms with Gasteiger partial charge in [0.2, 0.25) is 5.91 Å². The third kappa shape index (κ3) is 6.99. The number of nitrogens with zero attached hydrogens (tertiary/aromatic N) is 6. The lowest BCUT2D eigenvalue weighted by Crippen LogP contribution is -2.50. The number of nitrogens with one attached hydrogen (secondary N) is 1. The predicted octanol–water partition coefficient (Wildman–Crippen LogP) is 4.05. The monoisotopic (exact) mass is 531 g/mol. The molecule has 1 aliphatic rings. The van der Waals surface area contributed by atoms with Gasteiger partial charge in [-0.2, -0.15) is 13.2 Å². The lowest BCUT2D eigenvalue weighted by Gasteiger charge is -2.36. The maximum Gasteiger partial charge on any atom is 0.433 e. The van der Waals surface area contributed by atoms with Crippen LogP contribution < -0.4 is 10.2 Å². The molecular formula is C25H28F3N7O3. The summed E-state index contributed by atoms with van der Waals surface area (Å²) >= 11 is 0. The minimum atomic E-state index is -4.56. The summed E-state index contributed by atoms with van der Waals surface area (Å²) in [6.45, 7) is 7.69. The van der Waals surface area contributed by atoms with E-state index in [1.54, 1.807) is 17.2 Å². The summed E-state index contributed by atoms with van der Waals surface area (Å²) in [5.74, 6) is -0.0127. The highest BCUT2D eigenvalue weighted by molar-refractivity contribution is 5.89. The average Bonchev–Trinajstić information content (AvgIpc) is 3.31. The standard InChI is InChI=1S/C25H28F3N7O3/c1-24(2,3)38-23(37)35-10-8-34(9-11-35)18-4-5-21(30-13-18)32-22(36)15-33-14-19(31-16-33)17-6-7-29-20(12-17)25(26,27)28/h4-7,12-14,16H,8-11,15H2,1-3H3,(H,30,32,36). The molecule has 0 bridgehead atoms. The second-order valence-electron chi connectivity index (χ2n) is 9.76. The number of aromatic nitrogens is 4. The van der Waals surface area contributed by atoms with Crippen LogP contribution in [0.4, 0.5) is 29.5 Å². The Balaban J connectivity index is 1.29. The van der Waals surface area contributed by atoms with Crippen molar-refractivity contribution >= 4 is 23.5 Å². The normalized spacial score (nSPS) is 14.4. The molecule has 10 nitrogen and oxygen atoms in total. The molecule has 202 valence electrons. The Bertz CT molecular complexity index is 1280. The van der Waals surface area contributed by atoms with Crippen LogP contribution in [0.3, 0.4) is 0 Å². The molecule has 1 fully saturated rings. The highest BCUT2D eigenvalue weighted by Gasteiger charge is 2.32. The minimum Gasteiger partial charge on any atom is -0.444 e. The summed E-state index contributed by atoms with van der Waals surface area (Å²) in [4.78, 5) is 40.2. The number of rotatable bonds is 5. The number of amides is 2. The molecule has 0 aromatic carbocycles. The number of anilines is 2. The van der Waals surface area contributed by atoms with Crippen molar-refractivity contribution in [3.63, 3.8) is 0 Å². The highest BCUT2D eigenvalue weighted by Crippen LogP contribution is 2.30. The van der Waals surface area contributed by atoms with Gasteiger partial charge in [-0.3, -0.25) is 9.78 Å². The van der Waals surface area contributed by atoms with Crippen molar-refractivity contribution in [3.8, 4) is 11.3 Å². The number of imidazole rings is 1. The van der Waals surface area contributed by atoms with Gasteiger partial charge in [-0.05, 0) is 45.0 Å². The lowest BCUT2D eigenvalue weighted by molar-refractivity contribution is -0.141. The van der Waals surface area contributed by atoms with Gasteiger partial charge in [0.1, 0.15) is 23.7 Å². The average molecular weight is 532 g/mol. The molecule has 1 saturated heterocycles. The van der Waals surface area contributed by atoms with E-state index in [0.717, 1.165) is 18.0 Å². The fourth-order valence-electron chi connectivity index (χ4n) is 3.81. The summed E-state index contributed by atoms with van der Waals surface area (Å²) in [6.07, 6.45) is 0.689. The number of pyridine rings is 2. The molecule has 0 spiro atoms. The van der Waals surface area contributed by atoms with E-state index in [1.807, 2.05) is 26.8 Å². The van der Waals surface area contributed by atoms with Gasteiger partial charge in [0.05, 0.1) is 23.9 Å². The van der Waals surface area contributed by atoms with Crippen LogP contribution in [-0.4, -0.2) is 68.2 Å². The van der Waals surface area contributed by atoms with Crippen molar-refractivity contribution in [1.82, 2.24) is 24.4 Å². The Hall–Kier alpha value is -4.16. The fourth-order valence-corrected chi connectivity index (χ4v) is 3.81. The van der Waals surface area contributed by atoms with Gasteiger partial charge < -0.3 is 24.4 Å². The molecule has 4 rings (SSSR count). The van der Waals surface area contributed by atoms with E-state index in [-0.39, 0.29) is 24.1 Å². The Morgan fingerprint density at radius 2 is 1.76 bits per heavy atom. The van der Waals surface area contributed by atoms with Crippen molar-refractivity contribution in [2.24, 2.45) is 0 Å². The number of alkyl halides is 3. The first-order chi connectivity index (χ1) is 17.9. The molecule has 3 aromatic heterocycles. The predicted molar refractivity (Wildman–Crippen MR) is 133 cm³/mol. The molecule has 2 amide bonds. The van der Waals surface area contributed by atoms with Crippen LogP contribution in [0.1, 0.15) is 26.5 Å². The van der Waals surface area contributed by atoms with Crippen LogP contribution in [0.15, 0.2) is 49.2 Å². The number of ether oxygens (including phenoxy) is 1. The number of piperazine rings is 1. The Labute approximate surface area is 217 Å². The first-order valence-electron chi connectivity index (χ1n) is 11.9. The van der Waals surface area contributed by atoms with Crippen LogP contribution in [0.25, 0.3) is 11.3 Å². The van der Waals surface area contributed by atoms with E-state index in [2.05, 4.69) is 25.2 Å². The molecule has 3 aromatic rings. The second-order valence-corrected chi connectivity index (χ2v) is 9.76. The van der Waals surface area contributed by atoms with Crippen LogP contribution in [0.2, 0.25) is 0 Å². The van der Waals surface area contributed by atoms with Crippen LogP contribution in [0.5, 0.6) is 0 Å². The molecule has 1 aliphatic heterocycles. The number of carbonyl (C=O) groups excluding carboxylic acids is 2. The lowest BCUT2D eigenvalue weighted by atomic mass is 10.2. The van der Waals surface area contributed by atoms with E-state index in [4.69, 9.17) is 4.74 Å². The number of hydrogen-bond donors (Lipinski definition) is 1. The van der Waals surface area contributed by atoms with Gasteiger partial charge in [0, 0.05) is 44.1 Å². The maximum absolute atomic E-state index is 12.9. The van der Waals surface area contributed by atoms with Gasteiger partial charge in [-0.15, -0.1) is 0 Å². The van der Waals surface area contributed by atoms with Crippen molar-refractivity contribution in [2.75, 3.05) is 36.4 Å². The van der Waals surface area contributed by atoms with E-state index >= 15 is 0 Å². The van der Waals surface area contributed by atoms with E-state index in [1.165, 1.54) is 23.2 Å². The molecule has 0 radical (unpaired) electrons. The first-order valence-corrected chi connectivity index (χ1v) is 11.9. The topological polar surface area (TPSA) is 105 Å². The van der Waals surface area contributed by atoms with Crippen LogP contribution >= 0.6 is 0 Å². The maximum atomic E-state index is 12.9. The zero-order valence-corrected chi connectivity index (χ0v) is 21.2. The van der Waals surface area contributed by atoms with Crippen LogP contribution in [-0.2, 0) is 22.3 Å². The summed E-state index contributed by atoms with van der Waals surface area (Å²) in [7, 11) is 0. The van der Waals surface area contributed by atoms with Crippen molar-refractivity contribution in [1.29, 1.82) is 0 Å². The van der Waals surface area contributed by atoms with E-state index < -0.39 is 17.5 Å². The molecule has 0 atom stereocenters. The molecule has 4 heterocycles. The van der Waals surface area contributed by atoms with Crippen molar-refractivity contribution in [3.05, 3.63) is 54.9 Å². The summed E-state index contributed by atoms with van der Waals surface area (Å²) < 4.78 is 45.7. The van der Waals surface area contributed by atoms with E-state index in [0.29, 0.717) is 37.7 Å². The summed E-state index contributed by atoms with van der Waals surface area (Å²) in [6, 6.07) is 5.85. The molecule has 0 saturated carbocycles. The van der Waals surface area contributed by atoms with Gasteiger partial charge in [-0.25, -0.2) is 14.8 Å². The summed E-state index contributed by atoms with van der Waals surface area (Å²) in [5, 5.41) is 2.70. The second kappa shape index (κ2) is 10.7. The molecule has 1 N–H and O–H groups in total. The number of hydrogen-bond acceptors (Lipinski definition) is 7. The molecule has 13 heteroatoms. The van der Waals surface area contributed by atoms with Gasteiger partial charge >= 0.3 is 12.3 Å². The first kappa shape index (κ1) is 26.9. The Morgan fingerprint density at radius 3 is 2.39 bits per heavy atom.